The third-order valence-electron chi connectivity index (χ3n) is 6.60. The van der Waals surface area contributed by atoms with Crippen molar-refractivity contribution in [1.29, 1.82) is 0 Å². The molecule has 1 aliphatic heterocycles. The molecule has 6 rings (SSSR count). The molecule has 1 saturated heterocycles. The van der Waals surface area contributed by atoms with Gasteiger partial charge in [0, 0.05) is 47.7 Å². The number of amides is 1. The fraction of sp³-hybridized carbons (Fsp3) is 0.391. The summed E-state index contributed by atoms with van der Waals surface area (Å²) in [6.07, 6.45) is 2.06. The van der Waals surface area contributed by atoms with Crippen LogP contribution in [-0.4, -0.2) is 51.6 Å². The van der Waals surface area contributed by atoms with Gasteiger partial charge in [0.1, 0.15) is 4.83 Å². The highest BCUT2D eigenvalue weighted by Gasteiger charge is 2.35. The van der Waals surface area contributed by atoms with E-state index in [1.165, 1.54) is 4.52 Å². The number of carbonyl (C=O) groups is 1. The van der Waals surface area contributed by atoms with Gasteiger partial charge in [-0.2, -0.15) is 4.52 Å². The Morgan fingerprint density at radius 3 is 2.48 bits per heavy atom. The standard InChI is InChI=1S/C23H23N5O2S/c1-13-14(2)31-21-18(13)23(30)28-19(24-21)16-5-3-4-6-17(16)20(25-28)26-9-11-27(12-10-26)22(29)15-7-8-15/h3-6,15H,7-12H2,1-2H3. The van der Waals surface area contributed by atoms with E-state index in [-0.39, 0.29) is 11.5 Å². The predicted octanol–water partition coefficient (Wildman–Crippen LogP) is 3.13. The molecule has 1 saturated carbocycles. The van der Waals surface area contributed by atoms with Gasteiger partial charge in [-0.1, -0.05) is 24.3 Å². The van der Waals surface area contributed by atoms with Crippen molar-refractivity contribution < 1.29 is 4.79 Å². The first-order chi connectivity index (χ1) is 15.0. The summed E-state index contributed by atoms with van der Waals surface area (Å²) in [5, 5.41) is 7.38. The molecule has 0 N–H and O–H groups in total. The first-order valence-electron chi connectivity index (χ1n) is 10.8. The topological polar surface area (TPSA) is 70.8 Å². The maximum atomic E-state index is 13.4. The van der Waals surface area contributed by atoms with Gasteiger partial charge in [-0.3, -0.25) is 9.59 Å². The third-order valence-corrected chi connectivity index (χ3v) is 7.70. The Bertz CT molecular complexity index is 1430. The number of hydrogen-bond acceptors (Lipinski definition) is 6. The van der Waals surface area contributed by atoms with Gasteiger partial charge in [0.05, 0.1) is 5.39 Å². The highest BCUT2D eigenvalue weighted by Crippen LogP contribution is 2.33. The summed E-state index contributed by atoms with van der Waals surface area (Å²) in [4.78, 5) is 36.7. The first kappa shape index (κ1) is 18.7. The number of nitrogens with zero attached hydrogens (tertiary/aromatic N) is 5. The largest absolute Gasteiger partial charge is 0.351 e. The summed E-state index contributed by atoms with van der Waals surface area (Å²) in [7, 11) is 0. The van der Waals surface area contributed by atoms with E-state index in [0.29, 0.717) is 43.1 Å². The number of piperazine rings is 1. The molecule has 3 aromatic heterocycles. The number of aromatic nitrogens is 3. The van der Waals surface area contributed by atoms with Crippen LogP contribution in [0.15, 0.2) is 29.1 Å². The number of benzene rings is 1. The van der Waals surface area contributed by atoms with E-state index in [4.69, 9.17) is 10.1 Å². The van der Waals surface area contributed by atoms with Gasteiger partial charge >= 0.3 is 0 Å². The quantitative estimate of drug-likeness (QED) is 0.454. The molecular formula is C23H23N5O2S. The van der Waals surface area contributed by atoms with E-state index in [0.717, 1.165) is 44.7 Å². The minimum atomic E-state index is -0.114. The lowest BCUT2D eigenvalue weighted by molar-refractivity contribution is -0.132. The van der Waals surface area contributed by atoms with E-state index in [1.54, 1.807) is 11.3 Å². The fourth-order valence-electron chi connectivity index (χ4n) is 4.53. The molecule has 0 spiro atoms. The summed E-state index contributed by atoms with van der Waals surface area (Å²) in [6.45, 7) is 6.80. The number of anilines is 1. The second kappa shape index (κ2) is 6.75. The molecule has 2 fully saturated rings. The average Bonchev–Trinajstić information content (AvgIpc) is 3.59. The van der Waals surface area contributed by atoms with Crippen LogP contribution in [0.25, 0.3) is 26.6 Å². The second-order valence-electron chi connectivity index (χ2n) is 8.57. The number of rotatable bonds is 2. The smallest absolute Gasteiger partial charge is 0.283 e. The van der Waals surface area contributed by atoms with Gasteiger partial charge in [0.2, 0.25) is 5.91 Å². The molecule has 158 valence electrons. The third kappa shape index (κ3) is 2.85. The number of fused-ring (bicyclic) bond motifs is 4. The van der Waals surface area contributed by atoms with Crippen molar-refractivity contribution in [3.8, 4) is 0 Å². The Balaban J connectivity index is 1.50. The Hall–Kier alpha value is -3.00. The van der Waals surface area contributed by atoms with Gasteiger partial charge in [-0.25, -0.2) is 4.98 Å². The predicted molar refractivity (Wildman–Crippen MR) is 123 cm³/mol. The molecule has 1 aliphatic carbocycles. The molecular weight excluding hydrogens is 410 g/mol. The second-order valence-corrected chi connectivity index (χ2v) is 9.77. The van der Waals surface area contributed by atoms with E-state index in [9.17, 15) is 9.59 Å². The van der Waals surface area contributed by atoms with E-state index < -0.39 is 0 Å². The number of carbonyl (C=O) groups excluding carboxylic acids is 1. The molecule has 0 atom stereocenters. The SMILES string of the molecule is Cc1sc2nc3c4ccccc4c(N4CCN(C(=O)C5CC5)CC4)nn3c(=O)c2c1C. The lowest BCUT2D eigenvalue weighted by Gasteiger charge is -2.36. The van der Waals surface area contributed by atoms with Crippen LogP contribution in [-0.2, 0) is 4.79 Å². The van der Waals surface area contributed by atoms with Crippen molar-refractivity contribution >= 4 is 49.7 Å². The van der Waals surface area contributed by atoms with Gasteiger partial charge in [0.15, 0.2) is 11.5 Å². The van der Waals surface area contributed by atoms with E-state index >= 15 is 0 Å². The zero-order valence-corrected chi connectivity index (χ0v) is 18.4. The van der Waals surface area contributed by atoms with Gasteiger partial charge in [-0.15, -0.1) is 16.4 Å². The van der Waals surface area contributed by atoms with Crippen LogP contribution in [0.5, 0.6) is 0 Å². The molecule has 7 nitrogen and oxygen atoms in total. The van der Waals surface area contributed by atoms with Crippen LogP contribution in [0.1, 0.15) is 23.3 Å². The van der Waals surface area contributed by atoms with E-state index in [1.807, 2.05) is 43.0 Å². The summed E-state index contributed by atoms with van der Waals surface area (Å²) >= 11 is 1.56. The maximum absolute atomic E-state index is 13.4. The lowest BCUT2D eigenvalue weighted by atomic mass is 10.1. The molecule has 0 unspecified atom stereocenters. The molecule has 4 heterocycles. The van der Waals surface area contributed by atoms with Crippen molar-refractivity contribution in [2.45, 2.75) is 26.7 Å². The highest BCUT2D eigenvalue weighted by atomic mass is 32.1. The molecule has 31 heavy (non-hydrogen) atoms. The summed E-state index contributed by atoms with van der Waals surface area (Å²) in [5.41, 5.74) is 1.47. The molecule has 8 heteroatoms. The Morgan fingerprint density at radius 1 is 1.06 bits per heavy atom. The normalized spacial score (nSPS) is 17.2. The average molecular weight is 434 g/mol. The van der Waals surface area contributed by atoms with Crippen molar-refractivity contribution in [1.82, 2.24) is 19.5 Å². The molecule has 1 aromatic carbocycles. The summed E-state index contributed by atoms with van der Waals surface area (Å²) in [5.74, 6) is 1.33. The Labute approximate surface area is 182 Å². The van der Waals surface area contributed by atoms with E-state index in [2.05, 4.69) is 4.90 Å². The summed E-state index contributed by atoms with van der Waals surface area (Å²) in [6, 6.07) is 8.02. The molecule has 1 amide bonds. The van der Waals surface area contributed by atoms with Crippen LogP contribution in [0.2, 0.25) is 0 Å². The first-order valence-corrected chi connectivity index (χ1v) is 11.6. The van der Waals surface area contributed by atoms with Gasteiger partial charge in [-0.05, 0) is 32.3 Å². The lowest BCUT2D eigenvalue weighted by Crippen LogP contribution is -2.49. The number of thiophene rings is 1. The van der Waals surface area contributed by atoms with Crippen LogP contribution in [0, 0.1) is 19.8 Å². The number of aryl methyl sites for hydroxylation is 2. The zero-order chi connectivity index (χ0) is 21.3. The molecule has 2 aliphatic rings. The summed E-state index contributed by atoms with van der Waals surface area (Å²) < 4.78 is 1.47. The van der Waals surface area contributed by atoms with Crippen molar-refractivity contribution in [3.63, 3.8) is 0 Å². The maximum Gasteiger partial charge on any atom is 0.283 e. The van der Waals surface area contributed by atoms with Crippen LogP contribution >= 0.6 is 11.3 Å². The van der Waals surface area contributed by atoms with Crippen LogP contribution in [0.3, 0.4) is 0 Å². The minimum Gasteiger partial charge on any atom is -0.351 e. The monoisotopic (exact) mass is 433 g/mol. The molecule has 4 aromatic rings. The Morgan fingerprint density at radius 2 is 1.77 bits per heavy atom. The highest BCUT2D eigenvalue weighted by molar-refractivity contribution is 7.18. The van der Waals surface area contributed by atoms with Gasteiger partial charge in [0.25, 0.3) is 5.56 Å². The molecule has 0 bridgehead atoms. The van der Waals surface area contributed by atoms with Crippen LogP contribution in [0.4, 0.5) is 5.82 Å². The Kier molecular flexibility index (Phi) is 4.08. The zero-order valence-electron chi connectivity index (χ0n) is 17.6. The van der Waals surface area contributed by atoms with Gasteiger partial charge < -0.3 is 9.80 Å². The fourth-order valence-corrected chi connectivity index (χ4v) is 5.55. The van der Waals surface area contributed by atoms with Crippen molar-refractivity contribution in [2.75, 3.05) is 31.1 Å². The van der Waals surface area contributed by atoms with Crippen molar-refractivity contribution in [3.05, 3.63) is 45.1 Å². The molecule has 0 radical (unpaired) electrons. The minimum absolute atomic E-state index is 0.114. The number of hydrogen-bond donors (Lipinski definition) is 0. The van der Waals surface area contributed by atoms with Crippen LogP contribution < -0.4 is 10.5 Å². The van der Waals surface area contributed by atoms with Crippen molar-refractivity contribution in [2.24, 2.45) is 5.92 Å².